The van der Waals surface area contributed by atoms with Crippen molar-refractivity contribution in [2.75, 3.05) is 0 Å². The Hall–Kier alpha value is -1.82. The molecular weight excluding hydrogens is 240 g/mol. The number of allylic oxidation sites excluding steroid dienone is 1. The minimum Gasteiger partial charge on any atom is -0.0619 e. The van der Waals surface area contributed by atoms with Crippen LogP contribution < -0.4 is 0 Å². The molecule has 0 amide bonds. The minimum absolute atomic E-state index is 0.219. The van der Waals surface area contributed by atoms with Crippen LogP contribution in [-0.4, -0.2) is 0 Å². The predicted octanol–water partition coefficient (Wildman–Crippen LogP) is 5.53. The van der Waals surface area contributed by atoms with Gasteiger partial charge in [0.25, 0.3) is 0 Å². The topological polar surface area (TPSA) is 0 Å². The Bertz CT molecular complexity index is 651. The zero-order valence-corrected chi connectivity index (χ0v) is 12.8. The molecule has 0 aliphatic heterocycles. The maximum absolute atomic E-state index is 2.32. The second kappa shape index (κ2) is 4.63. The average Bonchev–Trinajstić information content (AvgIpc) is 2.73. The van der Waals surface area contributed by atoms with E-state index in [4.69, 9.17) is 0 Å². The molecule has 2 aromatic rings. The van der Waals surface area contributed by atoms with Crippen LogP contribution >= 0.6 is 0 Å². The molecule has 0 heteroatoms. The van der Waals surface area contributed by atoms with E-state index in [1.54, 1.807) is 0 Å². The van der Waals surface area contributed by atoms with Crippen LogP contribution in [-0.2, 0) is 5.41 Å². The van der Waals surface area contributed by atoms with Crippen LogP contribution in [0.4, 0.5) is 0 Å². The van der Waals surface area contributed by atoms with Gasteiger partial charge in [-0.3, -0.25) is 0 Å². The van der Waals surface area contributed by atoms with Gasteiger partial charge in [-0.05, 0) is 34.6 Å². The van der Waals surface area contributed by atoms with Crippen molar-refractivity contribution in [3.8, 4) is 0 Å². The molecule has 0 saturated heterocycles. The summed E-state index contributed by atoms with van der Waals surface area (Å²) in [5.74, 6) is 0.431. The van der Waals surface area contributed by atoms with Crippen LogP contribution in [0.2, 0.25) is 0 Å². The summed E-state index contributed by atoms with van der Waals surface area (Å²) in [6, 6.07) is 17.9. The van der Waals surface area contributed by atoms with E-state index in [-0.39, 0.29) is 5.41 Å². The van der Waals surface area contributed by atoms with Gasteiger partial charge in [0.15, 0.2) is 0 Å². The van der Waals surface area contributed by atoms with Crippen LogP contribution in [0, 0.1) is 0 Å². The molecule has 0 nitrogen and oxygen atoms in total. The Morgan fingerprint density at radius 1 is 0.850 bits per heavy atom. The normalized spacial score (nSPS) is 17.8. The standard InChI is InChI=1S/C20H22/c1-14-13-16-7-5-6-8-18(16)19(14)15-9-11-17(12-10-15)20(2,3)4/h5-13,19H,1-4H3. The van der Waals surface area contributed by atoms with Gasteiger partial charge in [0.1, 0.15) is 0 Å². The SMILES string of the molecule is CC1=Cc2ccccc2C1c1ccc(C(C)(C)C)cc1. The third-order valence-electron chi connectivity index (χ3n) is 4.26. The predicted molar refractivity (Wildman–Crippen MR) is 87.1 cm³/mol. The molecular formula is C20H22. The van der Waals surface area contributed by atoms with E-state index in [2.05, 4.69) is 82.3 Å². The van der Waals surface area contributed by atoms with Crippen molar-refractivity contribution >= 4 is 6.08 Å². The maximum Gasteiger partial charge on any atom is 0.0305 e. The molecule has 3 rings (SSSR count). The lowest BCUT2D eigenvalue weighted by atomic mass is 9.84. The van der Waals surface area contributed by atoms with Gasteiger partial charge in [-0.2, -0.15) is 0 Å². The molecule has 2 aromatic carbocycles. The maximum atomic E-state index is 2.32. The Morgan fingerprint density at radius 3 is 2.15 bits per heavy atom. The van der Waals surface area contributed by atoms with Gasteiger partial charge in [0, 0.05) is 5.92 Å². The zero-order chi connectivity index (χ0) is 14.3. The molecule has 0 fully saturated rings. The van der Waals surface area contributed by atoms with Gasteiger partial charge in [0.05, 0.1) is 0 Å². The summed E-state index contributed by atoms with van der Waals surface area (Å²) in [7, 11) is 0. The molecule has 0 saturated carbocycles. The second-order valence-electron chi connectivity index (χ2n) is 6.82. The number of hydrogen-bond donors (Lipinski definition) is 0. The number of hydrogen-bond acceptors (Lipinski definition) is 0. The van der Waals surface area contributed by atoms with E-state index in [1.807, 2.05) is 0 Å². The van der Waals surface area contributed by atoms with Crippen LogP contribution in [0.15, 0.2) is 54.1 Å². The van der Waals surface area contributed by atoms with E-state index >= 15 is 0 Å². The van der Waals surface area contributed by atoms with Crippen LogP contribution in [0.25, 0.3) is 6.08 Å². The quantitative estimate of drug-likeness (QED) is 0.633. The molecule has 1 aliphatic carbocycles. The highest BCUT2D eigenvalue weighted by Crippen LogP contribution is 2.40. The van der Waals surface area contributed by atoms with Gasteiger partial charge in [-0.1, -0.05) is 81.0 Å². The highest BCUT2D eigenvalue weighted by molar-refractivity contribution is 5.68. The van der Waals surface area contributed by atoms with E-state index in [0.29, 0.717) is 5.92 Å². The van der Waals surface area contributed by atoms with E-state index in [9.17, 15) is 0 Å². The largest absolute Gasteiger partial charge is 0.0619 e. The Morgan fingerprint density at radius 2 is 1.50 bits per heavy atom. The third-order valence-corrected chi connectivity index (χ3v) is 4.26. The fraction of sp³-hybridized carbons (Fsp3) is 0.300. The lowest BCUT2D eigenvalue weighted by Gasteiger charge is -2.21. The van der Waals surface area contributed by atoms with Gasteiger partial charge < -0.3 is 0 Å². The van der Waals surface area contributed by atoms with Crippen molar-refractivity contribution in [2.24, 2.45) is 0 Å². The molecule has 1 atom stereocenters. The van der Waals surface area contributed by atoms with Crippen molar-refractivity contribution in [3.63, 3.8) is 0 Å². The average molecular weight is 262 g/mol. The minimum atomic E-state index is 0.219. The van der Waals surface area contributed by atoms with Crippen molar-refractivity contribution < 1.29 is 0 Å². The monoisotopic (exact) mass is 262 g/mol. The van der Waals surface area contributed by atoms with Crippen molar-refractivity contribution in [3.05, 3.63) is 76.4 Å². The first kappa shape index (κ1) is 13.2. The first-order valence-corrected chi connectivity index (χ1v) is 7.34. The molecule has 102 valence electrons. The third kappa shape index (κ3) is 2.20. The fourth-order valence-corrected chi connectivity index (χ4v) is 3.10. The summed E-state index contributed by atoms with van der Waals surface area (Å²) < 4.78 is 0. The first-order chi connectivity index (χ1) is 9.47. The molecule has 0 heterocycles. The van der Waals surface area contributed by atoms with Crippen molar-refractivity contribution in [1.82, 2.24) is 0 Å². The molecule has 0 spiro atoms. The summed E-state index contributed by atoms with van der Waals surface area (Å²) in [6.45, 7) is 9.02. The molecule has 1 unspecified atom stereocenters. The molecule has 1 aliphatic rings. The van der Waals surface area contributed by atoms with Crippen molar-refractivity contribution in [2.45, 2.75) is 39.0 Å². The van der Waals surface area contributed by atoms with Gasteiger partial charge in [0.2, 0.25) is 0 Å². The second-order valence-corrected chi connectivity index (χ2v) is 6.82. The lowest BCUT2D eigenvalue weighted by molar-refractivity contribution is 0.590. The molecule has 0 N–H and O–H groups in total. The van der Waals surface area contributed by atoms with Crippen LogP contribution in [0.5, 0.6) is 0 Å². The number of rotatable bonds is 1. The van der Waals surface area contributed by atoms with E-state index in [0.717, 1.165) is 0 Å². The summed E-state index contributed by atoms with van der Waals surface area (Å²) in [6.07, 6.45) is 2.32. The number of fused-ring (bicyclic) bond motifs is 1. The summed E-state index contributed by atoms with van der Waals surface area (Å²) in [5.41, 5.74) is 7.26. The first-order valence-electron chi connectivity index (χ1n) is 7.34. The highest BCUT2D eigenvalue weighted by atomic mass is 14.3. The molecule has 0 radical (unpaired) electrons. The number of benzene rings is 2. The van der Waals surface area contributed by atoms with Gasteiger partial charge >= 0.3 is 0 Å². The summed E-state index contributed by atoms with van der Waals surface area (Å²) in [5, 5.41) is 0. The van der Waals surface area contributed by atoms with Crippen molar-refractivity contribution in [1.29, 1.82) is 0 Å². The van der Waals surface area contributed by atoms with Crippen LogP contribution in [0.3, 0.4) is 0 Å². The fourth-order valence-electron chi connectivity index (χ4n) is 3.10. The molecule has 0 aromatic heterocycles. The Labute approximate surface area is 122 Å². The van der Waals surface area contributed by atoms with E-state index in [1.165, 1.54) is 27.8 Å². The summed E-state index contributed by atoms with van der Waals surface area (Å²) in [4.78, 5) is 0. The smallest absolute Gasteiger partial charge is 0.0305 e. The molecule has 20 heavy (non-hydrogen) atoms. The van der Waals surface area contributed by atoms with Gasteiger partial charge in [-0.15, -0.1) is 0 Å². The molecule has 0 bridgehead atoms. The zero-order valence-electron chi connectivity index (χ0n) is 12.8. The Balaban J connectivity index is 2.00. The summed E-state index contributed by atoms with van der Waals surface area (Å²) >= 11 is 0. The highest BCUT2D eigenvalue weighted by Gasteiger charge is 2.24. The van der Waals surface area contributed by atoms with Gasteiger partial charge in [-0.25, -0.2) is 0 Å². The lowest BCUT2D eigenvalue weighted by Crippen LogP contribution is -2.11. The Kier molecular flexibility index (Phi) is 3.05. The van der Waals surface area contributed by atoms with Crippen LogP contribution in [0.1, 0.15) is 55.9 Å². The van der Waals surface area contributed by atoms with E-state index < -0.39 is 0 Å².